The number of thiazole rings is 1. The predicted molar refractivity (Wildman–Crippen MR) is 139 cm³/mol. The number of nitrogens with two attached hydrogens (primary N) is 1. The molecule has 1 heterocycles. The molecule has 0 aliphatic carbocycles. The predicted octanol–water partition coefficient (Wildman–Crippen LogP) is -1.87. The number of sulfonamides is 1. The normalized spacial score (nSPS) is 11.8. The van der Waals surface area contributed by atoms with Crippen molar-refractivity contribution in [2.75, 3.05) is 64.2 Å². The Morgan fingerprint density at radius 2 is 1.23 bits per heavy atom. The topological polar surface area (TPSA) is 261 Å². The number of benzene rings is 1. The number of amides is 1. The van der Waals surface area contributed by atoms with Crippen molar-refractivity contribution in [3.05, 3.63) is 18.2 Å². The van der Waals surface area contributed by atoms with E-state index in [0.717, 1.165) is 21.1 Å². The molecule has 40 heavy (non-hydrogen) atoms. The second-order valence-electron chi connectivity index (χ2n) is 8.53. The molecular formula is C21H28N6O11S2. The standard InChI is InChI=1S/C21H28N6O11S2/c22-40(37,38)21-24-14-2-1-13(7-15(14)39-21)23-16(28)8-25(3-5-26(9-17(29)30)10-18(31)32)4-6-27(11-19(33)34)12-20(35)36/h1-2,7H,3-6,8-12H2,(H,23,28)(H,29,30)(H,31,32)(H,33,34)(H,35,36)(H2,22,37,38). The zero-order valence-corrected chi connectivity index (χ0v) is 22.6. The van der Waals surface area contributed by atoms with Gasteiger partial charge in [0.05, 0.1) is 42.9 Å². The molecule has 0 fully saturated rings. The highest BCUT2D eigenvalue weighted by atomic mass is 32.2. The van der Waals surface area contributed by atoms with Crippen molar-refractivity contribution in [3.63, 3.8) is 0 Å². The molecule has 0 bridgehead atoms. The van der Waals surface area contributed by atoms with E-state index in [0.29, 0.717) is 15.9 Å². The summed E-state index contributed by atoms with van der Waals surface area (Å²) in [5.41, 5.74) is 0.654. The van der Waals surface area contributed by atoms with E-state index >= 15 is 0 Å². The number of hydrogen-bond acceptors (Lipinski definition) is 12. The molecule has 1 aromatic carbocycles. The van der Waals surface area contributed by atoms with Crippen LogP contribution >= 0.6 is 11.3 Å². The van der Waals surface area contributed by atoms with E-state index in [2.05, 4.69) is 10.3 Å². The lowest BCUT2D eigenvalue weighted by molar-refractivity contribution is -0.143. The number of aromatic nitrogens is 1. The van der Waals surface area contributed by atoms with E-state index in [4.69, 9.17) is 25.6 Å². The van der Waals surface area contributed by atoms with E-state index < -0.39 is 66.0 Å². The summed E-state index contributed by atoms with van der Waals surface area (Å²) in [5, 5.41) is 44.0. The van der Waals surface area contributed by atoms with Crippen LogP contribution in [-0.4, -0.2) is 137 Å². The monoisotopic (exact) mass is 604 g/mol. The average Bonchev–Trinajstić information content (AvgIpc) is 3.23. The van der Waals surface area contributed by atoms with Gasteiger partial charge in [-0.3, -0.25) is 38.7 Å². The first kappa shape index (κ1) is 32.5. The minimum Gasteiger partial charge on any atom is -0.480 e. The largest absolute Gasteiger partial charge is 0.480 e. The molecular weight excluding hydrogens is 576 g/mol. The molecule has 2 rings (SSSR count). The van der Waals surface area contributed by atoms with Crippen LogP contribution in [0, 0.1) is 0 Å². The van der Waals surface area contributed by atoms with Gasteiger partial charge >= 0.3 is 23.9 Å². The van der Waals surface area contributed by atoms with E-state index in [1.165, 1.54) is 23.1 Å². The smallest absolute Gasteiger partial charge is 0.317 e. The van der Waals surface area contributed by atoms with Crippen LogP contribution in [0.2, 0.25) is 0 Å². The quantitative estimate of drug-likeness (QED) is 0.109. The number of aliphatic carboxylic acids is 4. The summed E-state index contributed by atoms with van der Waals surface area (Å²) >= 11 is 0.813. The molecule has 1 amide bonds. The first-order chi connectivity index (χ1) is 18.6. The van der Waals surface area contributed by atoms with Crippen molar-refractivity contribution in [3.8, 4) is 0 Å². The maximum atomic E-state index is 12.8. The molecule has 2 aromatic rings. The first-order valence-electron chi connectivity index (χ1n) is 11.4. The van der Waals surface area contributed by atoms with Gasteiger partial charge in [0.25, 0.3) is 10.0 Å². The number of nitrogens with one attached hydrogen (secondary N) is 1. The fourth-order valence-corrected chi connectivity index (χ4v) is 5.23. The fraction of sp³-hybridized carbons (Fsp3) is 0.429. The summed E-state index contributed by atoms with van der Waals surface area (Å²) in [6.45, 7) is -2.78. The molecule has 0 unspecified atom stereocenters. The van der Waals surface area contributed by atoms with Gasteiger partial charge in [0.2, 0.25) is 10.2 Å². The molecule has 0 saturated carbocycles. The summed E-state index contributed by atoms with van der Waals surface area (Å²) in [6.07, 6.45) is 0. The minimum atomic E-state index is -4.02. The Labute approximate surface area is 231 Å². The van der Waals surface area contributed by atoms with Crippen molar-refractivity contribution in [1.29, 1.82) is 0 Å². The second-order valence-corrected chi connectivity index (χ2v) is 11.3. The number of carbonyl (C=O) groups is 5. The van der Waals surface area contributed by atoms with Gasteiger partial charge in [0.15, 0.2) is 0 Å². The minimum absolute atomic E-state index is 0.00639. The number of carboxylic acid groups (broad SMARTS) is 4. The molecule has 0 saturated heterocycles. The number of primary sulfonamides is 1. The lowest BCUT2D eigenvalue weighted by Crippen LogP contribution is -2.46. The molecule has 0 aliphatic rings. The number of carboxylic acids is 4. The highest BCUT2D eigenvalue weighted by Gasteiger charge is 2.20. The number of anilines is 1. The second kappa shape index (κ2) is 14.6. The lowest BCUT2D eigenvalue weighted by atomic mass is 10.3. The molecule has 7 N–H and O–H groups in total. The van der Waals surface area contributed by atoms with Crippen molar-refractivity contribution in [1.82, 2.24) is 19.7 Å². The summed E-state index contributed by atoms with van der Waals surface area (Å²) in [4.78, 5) is 65.0. The Morgan fingerprint density at radius 1 is 0.775 bits per heavy atom. The Bertz CT molecular complexity index is 1290. The fourth-order valence-electron chi connectivity index (χ4n) is 3.54. The van der Waals surface area contributed by atoms with Gasteiger partial charge in [-0.05, 0) is 18.2 Å². The number of carbonyl (C=O) groups excluding carboxylic acids is 1. The zero-order valence-electron chi connectivity index (χ0n) is 20.9. The summed E-state index contributed by atoms with van der Waals surface area (Å²) in [6, 6.07) is 4.46. The molecule has 1 aromatic heterocycles. The van der Waals surface area contributed by atoms with Crippen LogP contribution in [-0.2, 0) is 34.0 Å². The summed E-state index contributed by atoms with van der Waals surface area (Å²) in [7, 11) is -4.02. The van der Waals surface area contributed by atoms with Gasteiger partial charge in [0.1, 0.15) is 0 Å². The van der Waals surface area contributed by atoms with Gasteiger partial charge < -0.3 is 25.7 Å². The molecule has 19 heteroatoms. The first-order valence-corrected chi connectivity index (χ1v) is 13.8. The van der Waals surface area contributed by atoms with Gasteiger partial charge in [0, 0.05) is 31.9 Å². The van der Waals surface area contributed by atoms with E-state index in [-0.39, 0.29) is 37.1 Å². The van der Waals surface area contributed by atoms with Crippen molar-refractivity contribution in [2.45, 2.75) is 4.34 Å². The van der Waals surface area contributed by atoms with E-state index in [1.807, 2.05) is 0 Å². The third kappa shape index (κ3) is 11.6. The Kier molecular flexibility index (Phi) is 11.8. The van der Waals surface area contributed by atoms with Crippen LogP contribution in [0.25, 0.3) is 10.2 Å². The number of rotatable bonds is 18. The maximum Gasteiger partial charge on any atom is 0.317 e. The van der Waals surface area contributed by atoms with Gasteiger partial charge in [-0.1, -0.05) is 0 Å². The van der Waals surface area contributed by atoms with Gasteiger partial charge in [-0.25, -0.2) is 18.5 Å². The Morgan fingerprint density at radius 3 is 1.65 bits per heavy atom. The highest BCUT2D eigenvalue weighted by molar-refractivity contribution is 7.91. The average molecular weight is 605 g/mol. The van der Waals surface area contributed by atoms with E-state index in [9.17, 15) is 32.4 Å². The van der Waals surface area contributed by atoms with Crippen LogP contribution in [0.4, 0.5) is 5.69 Å². The SMILES string of the molecule is NS(=O)(=O)c1nc2ccc(NC(=O)CN(CCN(CC(=O)O)CC(=O)O)CCN(CC(=O)O)CC(=O)O)cc2s1. The Balaban J connectivity index is 2.16. The third-order valence-electron chi connectivity index (χ3n) is 5.16. The molecule has 0 radical (unpaired) electrons. The van der Waals surface area contributed by atoms with Crippen molar-refractivity contribution < 1.29 is 52.8 Å². The van der Waals surface area contributed by atoms with Gasteiger partial charge in [-0.2, -0.15) is 0 Å². The summed E-state index contributed by atoms with van der Waals surface area (Å²) < 4.78 is 23.3. The zero-order chi connectivity index (χ0) is 30.0. The van der Waals surface area contributed by atoms with E-state index in [1.54, 1.807) is 0 Å². The van der Waals surface area contributed by atoms with Gasteiger partial charge in [-0.15, -0.1) is 11.3 Å². The molecule has 0 spiro atoms. The number of hydrogen-bond donors (Lipinski definition) is 6. The molecule has 0 atom stereocenters. The number of fused-ring (bicyclic) bond motifs is 1. The Hall–Kier alpha value is -3.75. The lowest BCUT2D eigenvalue weighted by Gasteiger charge is -2.28. The van der Waals surface area contributed by atoms with Crippen molar-refractivity contribution in [2.24, 2.45) is 5.14 Å². The van der Waals surface area contributed by atoms with Crippen LogP contribution in [0.15, 0.2) is 22.5 Å². The van der Waals surface area contributed by atoms with Crippen LogP contribution in [0.1, 0.15) is 0 Å². The highest BCUT2D eigenvalue weighted by Crippen LogP contribution is 2.27. The third-order valence-corrected chi connectivity index (χ3v) is 7.50. The van der Waals surface area contributed by atoms with Crippen LogP contribution in [0.5, 0.6) is 0 Å². The van der Waals surface area contributed by atoms with Crippen LogP contribution in [0.3, 0.4) is 0 Å². The maximum absolute atomic E-state index is 12.8. The number of nitrogens with zero attached hydrogens (tertiary/aromatic N) is 4. The molecule has 17 nitrogen and oxygen atoms in total. The molecule has 220 valence electrons. The van der Waals surface area contributed by atoms with Crippen molar-refractivity contribution >= 4 is 67.0 Å². The molecule has 0 aliphatic heterocycles. The summed E-state index contributed by atoms with van der Waals surface area (Å²) in [5.74, 6) is -5.60. The van der Waals surface area contributed by atoms with Crippen LogP contribution < -0.4 is 10.5 Å².